The maximum absolute atomic E-state index is 13.8. The molecule has 15 heteroatoms. The van der Waals surface area contributed by atoms with Crippen LogP contribution in [0.15, 0.2) is 39.9 Å². The predicted molar refractivity (Wildman–Crippen MR) is 119 cm³/mol. The number of carbonyl (C=O) groups is 1. The van der Waals surface area contributed by atoms with Gasteiger partial charge < -0.3 is 15.2 Å². The third-order valence-electron chi connectivity index (χ3n) is 4.33. The molecule has 1 aromatic carbocycles. The number of aromatic nitrogens is 4. The van der Waals surface area contributed by atoms with Crippen LogP contribution in [0.5, 0.6) is 5.88 Å². The van der Waals surface area contributed by atoms with Gasteiger partial charge in [-0.2, -0.15) is 18.2 Å². The van der Waals surface area contributed by atoms with Crippen molar-refractivity contribution in [2.24, 2.45) is 0 Å². The number of carboxylic acid groups (broad SMARTS) is 1. The van der Waals surface area contributed by atoms with Crippen molar-refractivity contribution in [2.45, 2.75) is 32.8 Å². The molecular formula is C21H19BrF5N5O4. The van der Waals surface area contributed by atoms with Crippen molar-refractivity contribution in [2.75, 3.05) is 7.05 Å². The van der Waals surface area contributed by atoms with Crippen LogP contribution in [0.1, 0.15) is 22.8 Å². The van der Waals surface area contributed by atoms with Gasteiger partial charge in [-0.25, -0.2) is 13.6 Å². The fraction of sp³-hybridized carbons (Fsp3) is 0.286. The molecule has 194 valence electrons. The molecule has 0 aliphatic carbocycles. The summed E-state index contributed by atoms with van der Waals surface area (Å²) < 4.78 is 65.5. The summed E-state index contributed by atoms with van der Waals surface area (Å²) in [5, 5.41) is 10.1. The van der Waals surface area contributed by atoms with Crippen LogP contribution < -0.4 is 15.6 Å². The third-order valence-corrected chi connectivity index (χ3v) is 5.01. The monoisotopic (exact) mass is 579 g/mol. The Morgan fingerprint density at radius 3 is 2.33 bits per heavy atom. The van der Waals surface area contributed by atoms with E-state index in [1.54, 1.807) is 19.3 Å². The van der Waals surface area contributed by atoms with E-state index in [2.05, 4.69) is 36.2 Å². The molecule has 0 aliphatic heterocycles. The van der Waals surface area contributed by atoms with E-state index in [9.17, 15) is 26.7 Å². The molecule has 0 fully saturated rings. The molecule has 0 radical (unpaired) electrons. The smallest absolute Gasteiger partial charge is 0.475 e. The Hall–Kier alpha value is -3.46. The van der Waals surface area contributed by atoms with Gasteiger partial charge in [0.2, 0.25) is 5.88 Å². The van der Waals surface area contributed by atoms with Gasteiger partial charge in [0.15, 0.2) is 0 Å². The lowest BCUT2D eigenvalue weighted by Crippen LogP contribution is -2.26. The second-order valence-corrected chi connectivity index (χ2v) is 7.82. The number of nitrogens with one attached hydrogen (secondary N) is 1. The number of alkyl halides is 3. The van der Waals surface area contributed by atoms with Gasteiger partial charge in [-0.05, 0) is 42.0 Å². The molecule has 2 N–H and O–H groups in total. The molecule has 2 aromatic heterocycles. The Bertz CT molecular complexity index is 1270. The van der Waals surface area contributed by atoms with E-state index in [-0.39, 0.29) is 34.6 Å². The van der Waals surface area contributed by atoms with Crippen LogP contribution in [-0.2, 0) is 24.5 Å². The minimum atomic E-state index is -5.08. The quantitative estimate of drug-likeness (QED) is 0.409. The first kappa shape index (κ1) is 28.8. The summed E-state index contributed by atoms with van der Waals surface area (Å²) in [7, 11) is 1.82. The largest absolute Gasteiger partial charge is 0.490 e. The third kappa shape index (κ3) is 8.05. The van der Waals surface area contributed by atoms with Gasteiger partial charge in [0, 0.05) is 18.2 Å². The lowest BCUT2D eigenvalue weighted by Gasteiger charge is -2.13. The van der Waals surface area contributed by atoms with E-state index in [4.69, 9.17) is 14.6 Å². The highest BCUT2D eigenvalue weighted by Crippen LogP contribution is 2.21. The molecule has 0 unspecified atom stereocenters. The number of nitrogens with zero attached hydrogens (tertiary/aromatic N) is 4. The molecule has 3 aromatic rings. The van der Waals surface area contributed by atoms with Crippen molar-refractivity contribution in [1.29, 1.82) is 0 Å². The zero-order valence-corrected chi connectivity index (χ0v) is 20.3. The summed E-state index contributed by atoms with van der Waals surface area (Å²) in [6.07, 6.45) is -1.84. The van der Waals surface area contributed by atoms with E-state index < -0.39 is 23.8 Å². The Morgan fingerprint density at radius 1 is 1.19 bits per heavy atom. The van der Waals surface area contributed by atoms with E-state index in [0.717, 1.165) is 17.8 Å². The van der Waals surface area contributed by atoms with Gasteiger partial charge in [0.05, 0.1) is 30.3 Å². The normalized spacial score (nSPS) is 11.0. The SMILES string of the molecule is CNCc1cnc(Cn2c(C)nc(OCc3ccc(F)cc3F)c(Br)c2=O)cn1.O=C(O)C(F)(F)F. The first-order valence-electron chi connectivity index (χ1n) is 9.91. The van der Waals surface area contributed by atoms with Crippen molar-refractivity contribution < 1.29 is 36.6 Å². The zero-order valence-electron chi connectivity index (χ0n) is 18.7. The van der Waals surface area contributed by atoms with Gasteiger partial charge in [-0.15, -0.1) is 0 Å². The number of aryl methyl sites for hydroxylation is 1. The Kier molecular flexibility index (Phi) is 9.98. The van der Waals surface area contributed by atoms with Gasteiger partial charge in [-0.1, -0.05) is 0 Å². The van der Waals surface area contributed by atoms with Gasteiger partial charge in [-0.3, -0.25) is 19.3 Å². The summed E-state index contributed by atoms with van der Waals surface area (Å²) in [4.78, 5) is 34.5. The number of halogens is 6. The van der Waals surface area contributed by atoms with Crippen molar-refractivity contribution in [3.63, 3.8) is 0 Å². The summed E-state index contributed by atoms with van der Waals surface area (Å²) in [6, 6.07) is 3.19. The number of hydrogen-bond donors (Lipinski definition) is 2. The van der Waals surface area contributed by atoms with Gasteiger partial charge in [0.1, 0.15) is 28.5 Å². The van der Waals surface area contributed by atoms with Crippen LogP contribution in [0.3, 0.4) is 0 Å². The molecule has 36 heavy (non-hydrogen) atoms. The molecule has 0 amide bonds. The topological polar surface area (TPSA) is 119 Å². The second kappa shape index (κ2) is 12.5. The summed E-state index contributed by atoms with van der Waals surface area (Å²) in [6.45, 7) is 2.25. The molecule has 3 rings (SSSR count). The fourth-order valence-electron chi connectivity index (χ4n) is 2.58. The Balaban J connectivity index is 0.000000572. The van der Waals surface area contributed by atoms with Gasteiger partial charge in [0.25, 0.3) is 5.56 Å². The van der Waals surface area contributed by atoms with Crippen LogP contribution in [0.25, 0.3) is 0 Å². The van der Waals surface area contributed by atoms with Crippen LogP contribution in [0.2, 0.25) is 0 Å². The average Bonchev–Trinajstić information content (AvgIpc) is 2.80. The molecule has 0 atom stereocenters. The molecule has 0 saturated carbocycles. The highest BCUT2D eigenvalue weighted by atomic mass is 79.9. The van der Waals surface area contributed by atoms with Crippen molar-refractivity contribution in [3.8, 4) is 5.88 Å². The summed E-state index contributed by atoms with van der Waals surface area (Å²) in [5.41, 5.74) is 1.18. The summed E-state index contributed by atoms with van der Waals surface area (Å²) in [5.74, 6) is -3.73. The van der Waals surface area contributed by atoms with E-state index in [0.29, 0.717) is 18.1 Å². The molecule has 9 nitrogen and oxygen atoms in total. The highest BCUT2D eigenvalue weighted by molar-refractivity contribution is 9.10. The molecular weight excluding hydrogens is 561 g/mol. The number of aliphatic carboxylic acids is 1. The van der Waals surface area contributed by atoms with Crippen LogP contribution in [0.4, 0.5) is 22.0 Å². The predicted octanol–water partition coefficient (Wildman–Crippen LogP) is 3.36. The molecule has 0 saturated heterocycles. The van der Waals surface area contributed by atoms with Crippen LogP contribution in [0, 0.1) is 18.6 Å². The minimum absolute atomic E-state index is 0.0305. The highest BCUT2D eigenvalue weighted by Gasteiger charge is 2.38. The first-order valence-corrected chi connectivity index (χ1v) is 10.7. The van der Waals surface area contributed by atoms with Crippen LogP contribution in [-0.4, -0.2) is 43.8 Å². The van der Waals surface area contributed by atoms with E-state index in [1.165, 1.54) is 10.6 Å². The first-order chi connectivity index (χ1) is 16.8. The molecule has 0 bridgehead atoms. The number of hydrogen-bond acceptors (Lipinski definition) is 7. The number of ether oxygens (including phenoxy) is 1. The van der Waals surface area contributed by atoms with E-state index in [1.807, 2.05) is 7.05 Å². The standard InChI is InChI=1S/C19H18BrF2N5O2.C2HF3O2/c1-11-26-18(29-10-12-3-4-13(21)5-16(12)22)17(20)19(28)27(11)9-15-8-24-14(6-23-2)7-25-15;3-2(4,5)1(6)7/h3-5,7-8,23H,6,9-10H2,1-2H3;(H,6,7). The summed E-state index contributed by atoms with van der Waals surface area (Å²) >= 11 is 3.20. The molecule has 0 spiro atoms. The maximum Gasteiger partial charge on any atom is 0.490 e. The average molecular weight is 580 g/mol. The van der Waals surface area contributed by atoms with Gasteiger partial charge >= 0.3 is 12.1 Å². The number of carboxylic acids is 1. The van der Waals surface area contributed by atoms with Crippen molar-refractivity contribution in [3.05, 3.63) is 79.8 Å². The number of rotatable bonds is 7. The zero-order chi connectivity index (χ0) is 27.0. The Morgan fingerprint density at radius 2 is 1.81 bits per heavy atom. The number of benzene rings is 1. The van der Waals surface area contributed by atoms with Crippen LogP contribution >= 0.6 is 15.9 Å². The lowest BCUT2D eigenvalue weighted by molar-refractivity contribution is -0.192. The Labute approximate surface area is 209 Å². The maximum atomic E-state index is 13.8. The molecule has 0 aliphatic rings. The second-order valence-electron chi connectivity index (χ2n) is 7.03. The van der Waals surface area contributed by atoms with Crippen molar-refractivity contribution >= 4 is 21.9 Å². The van der Waals surface area contributed by atoms with Crippen molar-refractivity contribution in [1.82, 2.24) is 24.8 Å². The lowest BCUT2D eigenvalue weighted by atomic mass is 10.2. The van der Waals surface area contributed by atoms with E-state index >= 15 is 0 Å². The molecule has 2 heterocycles. The fourth-order valence-corrected chi connectivity index (χ4v) is 2.99. The minimum Gasteiger partial charge on any atom is -0.475 e.